The van der Waals surface area contributed by atoms with Crippen LogP contribution in [0.3, 0.4) is 0 Å². The van der Waals surface area contributed by atoms with Gasteiger partial charge in [0.25, 0.3) is 5.56 Å². The van der Waals surface area contributed by atoms with E-state index in [0.717, 1.165) is 32.6 Å². The van der Waals surface area contributed by atoms with Crippen molar-refractivity contribution in [2.45, 2.75) is 65.4 Å². The van der Waals surface area contributed by atoms with Gasteiger partial charge in [-0.15, -0.1) is 11.3 Å². The van der Waals surface area contributed by atoms with Crippen molar-refractivity contribution in [3.8, 4) is 10.4 Å². The molecule has 3 atom stereocenters. The number of nitrogens with zero attached hydrogens (tertiary/aromatic N) is 5. The summed E-state index contributed by atoms with van der Waals surface area (Å²) in [6, 6.07) is 14.9. The molecule has 0 bridgehead atoms. The molecule has 4 aromatic heterocycles. The summed E-state index contributed by atoms with van der Waals surface area (Å²) in [6.07, 6.45) is 2.32. The Morgan fingerprint density at radius 3 is 2.35 bits per heavy atom. The summed E-state index contributed by atoms with van der Waals surface area (Å²) in [7, 11) is 0. The van der Waals surface area contributed by atoms with Crippen molar-refractivity contribution in [2.75, 3.05) is 71.3 Å². The standard InChI is InChI=1S/C49H59ClN10O10S/c1-30-43(71-29-55-30)32-10-8-31(9-11-32)24-52-46(64)38-22-33(61)25-60(38)48(66)44(49(2,3)4)58-41(63)27-70-21-20-69-19-18-68-17-16-67-15-13-51-40(62)26-59-14-12-34-35(6-5-7-37(34)59)56-45-42-36(23-39(50)57-45)53-28-54-47(42)65/h5-12,14,23,28-29,33,38,44,61H,13,15-22,24-27H2,1-4H3,(H,51,62)(H,52,64)(H,56,57)(H,58,63)(H,53,54,65)/t33?,38?,44-/m1/s1. The number of hydrogen-bond acceptors (Lipinski definition) is 15. The van der Waals surface area contributed by atoms with Crippen molar-refractivity contribution < 1.29 is 43.2 Å². The Kier molecular flexibility index (Phi) is 18.2. The van der Waals surface area contributed by atoms with E-state index in [1.165, 1.54) is 17.3 Å². The van der Waals surface area contributed by atoms with Crippen LogP contribution in [0.5, 0.6) is 0 Å². The Hall–Kier alpha value is -6.33. The highest BCUT2D eigenvalue weighted by molar-refractivity contribution is 7.13. The number of fused-ring (bicyclic) bond motifs is 2. The third kappa shape index (κ3) is 14.2. The Bertz CT molecular complexity index is 2850. The summed E-state index contributed by atoms with van der Waals surface area (Å²) in [5.74, 6) is -1.27. The first kappa shape index (κ1) is 52.5. The van der Waals surface area contributed by atoms with E-state index in [0.29, 0.717) is 50.8 Å². The number of carbonyl (C=O) groups is 4. The highest BCUT2D eigenvalue weighted by Gasteiger charge is 2.44. The van der Waals surface area contributed by atoms with Crippen LogP contribution >= 0.6 is 22.9 Å². The van der Waals surface area contributed by atoms with E-state index < -0.39 is 35.4 Å². The van der Waals surface area contributed by atoms with Crippen LogP contribution in [-0.2, 0) is 51.2 Å². The number of aryl methyl sites for hydroxylation is 1. The van der Waals surface area contributed by atoms with E-state index in [-0.39, 0.29) is 79.6 Å². The number of anilines is 2. The number of H-pyrrole nitrogens is 1. The summed E-state index contributed by atoms with van der Waals surface area (Å²) < 4.78 is 24.0. The SMILES string of the molecule is Cc1ncsc1-c1ccc(CNC(=O)C2CC(O)CN2C(=O)[C@@H](NC(=O)COCCOCCOCCOCCNC(=O)Cn2ccc3c(Nc4nc(Cl)cc5nc[nH]c(=O)c45)cccc32)C(C)(C)C)cc1. The Morgan fingerprint density at radius 2 is 1.65 bits per heavy atom. The van der Waals surface area contributed by atoms with Crippen molar-refractivity contribution in [3.63, 3.8) is 0 Å². The van der Waals surface area contributed by atoms with Crippen LogP contribution in [0.15, 0.2) is 77.4 Å². The van der Waals surface area contributed by atoms with Gasteiger partial charge in [-0.1, -0.05) is 62.7 Å². The average Bonchev–Trinajstić information content (AvgIpc) is 4.08. The smallest absolute Gasteiger partial charge is 0.262 e. The van der Waals surface area contributed by atoms with Crippen molar-refractivity contribution in [1.82, 2.24) is 45.4 Å². The average molecular weight is 1020 g/mol. The molecule has 0 radical (unpaired) electrons. The number of β-amino-alcohol motifs (C(OH)–C–C–N with tert-alkyl or cyclic N) is 1. The molecule has 6 N–H and O–H groups in total. The van der Waals surface area contributed by atoms with Gasteiger partial charge in [0.1, 0.15) is 41.6 Å². The van der Waals surface area contributed by atoms with Crippen LogP contribution in [0.25, 0.3) is 32.2 Å². The lowest BCUT2D eigenvalue weighted by molar-refractivity contribution is -0.144. The number of thiazole rings is 1. The fourth-order valence-electron chi connectivity index (χ4n) is 8.03. The van der Waals surface area contributed by atoms with Gasteiger partial charge in [0.05, 0.1) is 85.8 Å². The minimum Gasteiger partial charge on any atom is -0.391 e. The number of carbonyl (C=O) groups excluding carboxylic acids is 4. The first-order valence-electron chi connectivity index (χ1n) is 23.2. The lowest BCUT2D eigenvalue weighted by Gasteiger charge is -2.35. The largest absolute Gasteiger partial charge is 0.391 e. The third-order valence-electron chi connectivity index (χ3n) is 11.6. The van der Waals surface area contributed by atoms with E-state index >= 15 is 0 Å². The summed E-state index contributed by atoms with van der Waals surface area (Å²) in [5, 5.41) is 23.6. The molecule has 71 heavy (non-hydrogen) atoms. The molecular weight excluding hydrogens is 956 g/mol. The number of aromatic amines is 1. The molecule has 1 aliphatic rings. The van der Waals surface area contributed by atoms with Crippen LogP contribution in [0.1, 0.15) is 38.4 Å². The fourth-order valence-corrected chi connectivity index (χ4v) is 9.03. The number of amides is 4. The van der Waals surface area contributed by atoms with Gasteiger partial charge in [-0.25, -0.2) is 15.0 Å². The van der Waals surface area contributed by atoms with Crippen molar-refractivity contribution in [2.24, 2.45) is 5.41 Å². The molecule has 20 nitrogen and oxygen atoms in total. The molecular formula is C49H59ClN10O10S. The van der Waals surface area contributed by atoms with E-state index in [1.54, 1.807) is 16.8 Å². The number of nitrogens with one attached hydrogen (secondary N) is 5. The maximum Gasteiger partial charge on any atom is 0.262 e. The number of aliphatic hydroxyl groups is 1. The molecule has 1 aliphatic heterocycles. The first-order valence-corrected chi connectivity index (χ1v) is 24.4. The lowest BCUT2D eigenvalue weighted by Crippen LogP contribution is -2.58. The number of halogens is 1. The molecule has 5 heterocycles. The zero-order valence-electron chi connectivity index (χ0n) is 40.0. The molecule has 7 rings (SSSR count). The molecule has 0 aliphatic carbocycles. The van der Waals surface area contributed by atoms with Gasteiger partial charge in [0.2, 0.25) is 23.6 Å². The monoisotopic (exact) mass is 1010 g/mol. The maximum absolute atomic E-state index is 13.9. The Balaban J connectivity index is 0.728. The van der Waals surface area contributed by atoms with Gasteiger partial charge in [0.15, 0.2) is 0 Å². The number of aromatic nitrogens is 5. The Morgan fingerprint density at radius 1 is 0.930 bits per heavy atom. The summed E-state index contributed by atoms with van der Waals surface area (Å²) in [5.41, 5.74) is 5.50. The molecule has 378 valence electrons. The van der Waals surface area contributed by atoms with Gasteiger partial charge < -0.3 is 59.8 Å². The van der Waals surface area contributed by atoms with Gasteiger partial charge in [-0.2, -0.15) is 0 Å². The van der Waals surface area contributed by atoms with E-state index in [4.69, 9.17) is 30.5 Å². The number of ether oxygens (including phenoxy) is 4. The third-order valence-corrected chi connectivity index (χ3v) is 12.8. The predicted molar refractivity (Wildman–Crippen MR) is 268 cm³/mol. The summed E-state index contributed by atoms with van der Waals surface area (Å²) >= 11 is 7.77. The van der Waals surface area contributed by atoms with Gasteiger partial charge >= 0.3 is 0 Å². The molecule has 1 saturated heterocycles. The number of hydrogen-bond donors (Lipinski definition) is 6. The van der Waals surface area contributed by atoms with Gasteiger partial charge in [-0.05, 0) is 41.7 Å². The first-order chi connectivity index (χ1) is 34.2. The molecule has 2 aromatic carbocycles. The number of pyridine rings is 1. The molecule has 0 saturated carbocycles. The van der Waals surface area contributed by atoms with Crippen molar-refractivity contribution in [3.05, 3.63) is 99.4 Å². The highest BCUT2D eigenvalue weighted by atomic mass is 35.5. The number of rotatable bonds is 24. The molecule has 6 aromatic rings. The van der Waals surface area contributed by atoms with Crippen LogP contribution < -0.4 is 26.8 Å². The summed E-state index contributed by atoms with van der Waals surface area (Å²) in [6.45, 7) is 9.58. The predicted octanol–water partition coefficient (Wildman–Crippen LogP) is 4.09. The minimum absolute atomic E-state index is 0.0293. The number of aliphatic hydroxyl groups excluding tert-OH is 1. The molecule has 0 spiro atoms. The van der Waals surface area contributed by atoms with Crippen LogP contribution in [0, 0.1) is 12.3 Å². The van der Waals surface area contributed by atoms with E-state index in [2.05, 4.69) is 41.2 Å². The van der Waals surface area contributed by atoms with Crippen LogP contribution in [0.2, 0.25) is 5.15 Å². The molecule has 2 unspecified atom stereocenters. The minimum atomic E-state index is -0.981. The zero-order valence-corrected chi connectivity index (χ0v) is 41.6. The number of likely N-dealkylation sites (tertiary alicyclic amines) is 1. The second-order valence-electron chi connectivity index (χ2n) is 17.9. The van der Waals surface area contributed by atoms with Gasteiger partial charge in [-0.3, -0.25) is 24.0 Å². The number of benzene rings is 2. The van der Waals surface area contributed by atoms with E-state index in [9.17, 15) is 29.1 Å². The quantitative estimate of drug-likeness (QED) is 0.0369. The molecule has 4 amide bonds. The van der Waals surface area contributed by atoms with Gasteiger partial charge in [0, 0.05) is 49.4 Å². The molecule has 1 fully saturated rings. The second kappa shape index (κ2) is 24.7. The fraction of sp³-hybridized carbons (Fsp3) is 0.429. The van der Waals surface area contributed by atoms with E-state index in [1.807, 2.05) is 87.0 Å². The highest BCUT2D eigenvalue weighted by Crippen LogP contribution is 2.31. The zero-order chi connectivity index (χ0) is 50.5. The summed E-state index contributed by atoms with van der Waals surface area (Å²) in [4.78, 5) is 83.5. The molecule has 22 heteroatoms. The van der Waals surface area contributed by atoms with Crippen LogP contribution in [0.4, 0.5) is 11.5 Å². The topological polar surface area (TPSA) is 253 Å². The van der Waals surface area contributed by atoms with Crippen molar-refractivity contribution >= 4 is 79.9 Å². The second-order valence-corrected chi connectivity index (χ2v) is 19.2. The lowest BCUT2D eigenvalue weighted by atomic mass is 9.85. The maximum atomic E-state index is 13.9. The Labute approximate surface area is 418 Å². The normalized spacial score (nSPS) is 15.3. The van der Waals surface area contributed by atoms with Crippen LogP contribution in [-0.4, -0.2) is 142 Å². The van der Waals surface area contributed by atoms with Crippen molar-refractivity contribution in [1.29, 1.82) is 0 Å².